The van der Waals surface area contributed by atoms with Gasteiger partial charge in [-0.15, -0.1) is 11.3 Å². The lowest BCUT2D eigenvalue weighted by molar-refractivity contribution is 0.102. The number of carbonyl (C=O) groups excluding carboxylic acids is 1. The molecular weight excluding hydrogens is 395 g/mol. The van der Waals surface area contributed by atoms with Gasteiger partial charge in [-0.1, -0.05) is 23.2 Å². The van der Waals surface area contributed by atoms with Crippen LogP contribution in [0.3, 0.4) is 0 Å². The van der Waals surface area contributed by atoms with Crippen molar-refractivity contribution < 1.29 is 14.3 Å². The molecule has 134 valence electrons. The molecular formula is C18H14Cl2N2O3S. The highest BCUT2D eigenvalue weighted by molar-refractivity contribution is 7.14. The number of rotatable bonds is 5. The minimum absolute atomic E-state index is 0.309. The zero-order chi connectivity index (χ0) is 18.7. The first-order chi connectivity index (χ1) is 12.5. The van der Waals surface area contributed by atoms with Gasteiger partial charge in [0.2, 0.25) is 0 Å². The zero-order valence-corrected chi connectivity index (χ0v) is 16.2. The number of hydrogen-bond acceptors (Lipinski definition) is 5. The van der Waals surface area contributed by atoms with Crippen LogP contribution in [0.5, 0.6) is 11.5 Å². The van der Waals surface area contributed by atoms with Gasteiger partial charge in [0.15, 0.2) is 16.6 Å². The molecule has 2 aromatic carbocycles. The van der Waals surface area contributed by atoms with Gasteiger partial charge in [-0.05, 0) is 36.4 Å². The van der Waals surface area contributed by atoms with E-state index < -0.39 is 0 Å². The maximum absolute atomic E-state index is 12.3. The molecule has 0 radical (unpaired) electrons. The van der Waals surface area contributed by atoms with Gasteiger partial charge in [-0.3, -0.25) is 10.1 Å². The first kappa shape index (κ1) is 18.5. The van der Waals surface area contributed by atoms with E-state index in [0.29, 0.717) is 32.2 Å². The highest BCUT2D eigenvalue weighted by Crippen LogP contribution is 2.33. The topological polar surface area (TPSA) is 60.5 Å². The van der Waals surface area contributed by atoms with Crippen LogP contribution in [0.25, 0.3) is 11.3 Å². The first-order valence-corrected chi connectivity index (χ1v) is 9.09. The van der Waals surface area contributed by atoms with Crippen molar-refractivity contribution in [2.75, 3.05) is 19.5 Å². The fraction of sp³-hybridized carbons (Fsp3) is 0.111. The van der Waals surface area contributed by atoms with Gasteiger partial charge in [-0.25, -0.2) is 4.98 Å². The summed E-state index contributed by atoms with van der Waals surface area (Å²) >= 11 is 13.1. The Hall–Kier alpha value is -2.28. The van der Waals surface area contributed by atoms with Crippen LogP contribution in [0.1, 0.15) is 10.4 Å². The molecule has 1 aromatic heterocycles. The molecule has 0 aliphatic heterocycles. The predicted octanol–water partition coefficient (Wildman–Crippen LogP) is 5.39. The Balaban J connectivity index is 1.79. The van der Waals surface area contributed by atoms with Crippen molar-refractivity contribution >= 4 is 45.6 Å². The van der Waals surface area contributed by atoms with E-state index >= 15 is 0 Å². The minimum Gasteiger partial charge on any atom is -0.493 e. The summed E-state index contributed by atoms with van der Waals surface area (Å²) in [6.07, 6.45) is 0. The Labute approximate surface area is 164 Å². The summed E-state index contributed by atoms with van der Waals surface area (Å²) in [6.45, 7) is 0. The maximum atomic E-state index is 12.3. The number of nitrogens with one attached hydrogen (secondary N) is 1. The van der Waals surface area contributed by atoms with Gasteiger partial charge in [0, 0.05) is 16.5 Å². The summed E-state index contributed by atoms with van der Waals surface area (Å²) in [6, 6.07) is 10.2. The quantitative estimate of drug-likeness (QED) is 0.614. The van der Waals surface area contributed by atoms with Crippen molar-refractivity contribution in [3.63, 3.8) is 0 Å². The van der Waals surface area contributed by atoms with Gasteiger partial charge in [0.1, 0.15) is 0 Å². The monoisotopic (exact) mass is 408 g/mol. The lowest BCUT2D eigenvalue weighted by atomic mass is 10.1. The molecule has 0 fully saturated rings. The van der Waals surface area contributed by atoms with E-state index in [-0.39, 0.29) is 5.91 Å². The molecule has 0 aliphatic rings. The fourth-order valence-electron chi connectivity index (χ4n) is 2.27. The average molecular weight is 409 g/mol. The van der Waals surface area contributed by atoms with E-state index in [0.717, 1.165) is 11.3 Å². The number of aromatic nitrogens is 1. The first-order valence-electron chi connectivity index (χ1n) is 7.46. The fourth-order valence-corrected chi connectivity index (χ4v) is 3.28. The number of benzene rings is 2. The summed E-state index contributed by atoms with van der Waals surface area (Å²) in [5.74, 6) is 0.941. The molecule has 3 aromatic rings. The van der Waals surface area contributed by atoms with E-state index in [9.17, 15) is 4.79 Å². The molecule has 0 bridgehead atoms. The third-order valence-electron chi connectivity index (χ3n) is 3.59. The molecule has 0 saturated carbocycles. The van der Waals surface area contributed by atoms with Crippen LogP contribution < -0.4 is 14.8 Å². The lowest BCUT2D eigenvalue weighted by Gasteiger charge is -2.08. The van der Waals surface area contributed by atoms with Crippen molar-refractivity contribution in [2.45, 2.75) is 0 Å². The summed E-state index contributed by atoms with van der Waals surface area (Å²) in [4.78, 5) is 16.8. The smallest absolute Gasteiger partial charge is 0.257 e. The average Bonchev–Trinajstić information content (AvgIpc) is 3.11. The van der Waals surface area contributed by atoms with E-state index in [1.165, 1.54) is 17.4 Å². The van der Waals surface area contributed by atoms with Gasteiger partial charge in [-0.2, -0.15) is 0 Å². The van der Waals surface area contributed by atoms with Gasteiger partial charge >= 0.3 is 0 Å². The maximum Gasteiger partial charge on any atom is 0.257 e. The lowest BCUT2D eigenvalue weighted by Crippen LogP contribution is -2.11. The molecule has 0 unspecified atom stereocenters. The van der Waals surface area contributed by atoms with Crippen LogP contribution in [0.15, 0.2) is 41.8 Å². The van der Waals surface area contributed by atoms with E-state index in [1.807, 2.05) is 23.6 Å². The predicted molar refractivity (Wildman–Crippen MR) is 105 cm³/mol. The standard InChI is InChI=1S/C18H14Cl2N2O3S/c1-24-15-6-4-10(8-16(15)25-2)14-9-26-18(21-14)22-17(23)11-3-5-12(19)13(20)7-11/h3-9H,1-2H3,(H,21,22,23). The van der Waals surface area contributed by atoms with Crippen LogP contribution in [0.4, 0.5) is 5.13 Å². The highest BCUT2D eigenvalue weighted by Gasteiger charge is 2.13. The number of halogens is 2. The van der Waals surface area contributed by atoms with E-state index in [2.05, 4.69) is 10.3 Å². The summed E-state index contributed by atoms with van der Waals surface area (Å²) in [7, 11) is 3.16. The molecule has 1 N–H and O–H groups in total. The molecule has 5 nitrogen and oxygen atoms in total. The second-order valence-corrected chi connectivity index (χ2v) is 6.86. The minimum atomic E-state index is -0.309. The van der Waals surface area contributed by atoms with Gasteiger partial charge in [0.05, 0.1) is 30.0 Å². The van der Waals surface area contributed by atoms with Crippen LogP contribution in [-0.2, 0) is 0 Å². The highest BCUT2D eigenvalue weighted by atomic mass is 35.5. The third-order valence-corrected chi connectivity index (χ3v) is 5.08. The van der Waals surface area contributed by atoms with Crippen LogP contribution in [0, 0.1) is 0 Å². The molecule has 0 aliphatic carbocycles. The normalized spacial score (nSPS) is 10.5. The summed E-state index contributed by atoms with van der Waals surface area (Å²) < 4.78 is 10.5. The summed E-state index contributed by atoms with van der Waals surface area (Å²) in [5.41, 5.74) is 1.98. The molecule has 1 heterocycles. The molecule has 1 amide bonds. The number of anilines is 1. The Morgan fingerprint density at radius 2 is 1.81 bits per heavy atom. The molecule has 0 atom stereocenters. The number of hydrogen-bond donors (Lipinski definition) is 1. The Morgan fingerprint density at radius 1 is 1.04 bits per heavy atom. The van der Waals surface area contributed by atoms with E-state index in [1.54, 1.807) is 26.4 Å². The number of nitrogens with zero attached hydrogens (tertiary/aromatic N) is 1. The van der Waals surface area contributed by atoms with Crippen molar-refractivity contribution in [3.05, 3.63) is 57.4 Å². The van der Waals surface area contributed by atoms with Crippen molar-refractivity contribution in [3.8, 4) is 22.8 Å². The summed E-state index contributed by atoms with van der Waals surface area (Å²) in [5, 5.41) is 5.81. The Bertz CT molecular complexity index is 959. The SMILES string of the molecule is COc1ccc(-c2csc(NC(=O)c3ccc(Cl)c(Cl)c3)n2)cc1OC. The second-order valence-electron chi connectivity index (χ2n) is 5.19. The molecule has 0 saturated heterocycles. The van der Waals surface area contributed by atoms with Crippen molar-refractivity contribution in [2.24, 2.45) is 0 Å². The Kier molecular flexibility index (Phi) is 5.66. The number of carbonyl (C=O) groups is 1. The molecule has 0 spiro atoms. The van der Waals surface area contributed by atoms with Gasteiger partial charge < -0.3 is 9.47 Å². The Morgan fingerprint density at radius 3 is 2.50 bits per heavy atom. The van der Waals surface area contributed by atoms with E-state index in [4.69, 9.17) is 32.7 Å². The number of ether oxygens (including phenoxy) is 2. The zero-order valence-electron chi connectivity index (χ0n) is 13.9. The van der Waals surface area contributed by atoms with Gasteiger partial charge in [0.25, 0.3) is 5.91 Å². The third kappa shape index (κ3) is 3.93. The number of methoxy groups -OCH3 is 2. The van der Waals surface area contributed by atoms with Crippen molar-refractivity contribution in [1.29, 1.82) is 0 Å². The number of amides is 1. The molecule has 26 heavy (non-hydrogen) atoms. The van der Waals surface area contributed by atoms with Crippen LogP contribution >= 0.6 is 34.5 Å². The number of thiazole rings is 1. The van der Waals surface area contributed by atoms with Crippen LogP contribution in [-0.4, -0.2) is 25.1 Å². The second kappa shape index (κ2) is 7.95. The van der Waals surface area contributed by atoms with Crippen LogP contribution in [0.2, 0.25) is 10.0 Å². The molecule has 3 rings (SSSR count). The molecule has 8 heteroatoms. The van der Waals surface area contributed by atoms with Crippen molar-refractivity contribution in [1.82, 2.24) is 4.98 Å². The largest absolute Gasteiger partial charge is 0.493 e.